The zero-order valence-corrected chi connectivity index (χ0v) is 11.7. The van der Waals surface area contributed by atoms with E-state index in [1.54, 1.807) is 6.07 Å². The molecule has 2 rings (SSSR count). The second-order valence-electron chi connectivity index (χ2n) is 5.10. The molecule has 4 nitrogen and oxygen atoms in total. The van der Waals surface area contributed by atoms with Crippen molar-refractivity contribution >= 4 is 17.5 Å². The number of rotatable bonds is 3. The predicted octanol–water partition coefficient (Wildman–Crippen LogP) is 1.98. The van der Waals surface area contributed by atoms with E-state index in [2.05, 4.69) is 5.32 Å². The summed E-state index contributed by atoms with van der Waals surface area (Å²) in [4.78, 5) is 25.7. The Morgan fingerprint density at radius 3 is 2.74 bits per heavy atom. The number of nitrogens with zero attached hydrogens (tertiary/aromatic N) is 1. The lowest BCUT2D eigenvalue weighted by atomic mass is 10.1. The van der Waals surface area contributed by atoms with Gasteiger partial charge in [0, 0.05) is 30.3 Å². The highest BCUT2D eigenvalue weighted by Gasteiger charge is 2.26. The first-order valence-corrected chi connectivity index (χ1v) is 6.77. The molecule has 0 aliphatic carbocycles. The number of carbonyl (C=O) groups is 2. The number of carbonyl (C=O) groups excluding carboxylic acids is 2. The Morgan fingerprint density at radius 2 is 2.11 bits per heavy atom. The molecule has 1 aliphatic rings. The number of hydrogen-bond donors (Lipinski definition) is 1. The highest BCUT2D eigenvalue weighted by Crippen LogP contribution is 2.30. The van der Waals surface area contributed by atoms with Crippen LogP contribution in [0.5, 0.6) is 0 Å². The lowest BCUT2D eigenvalue weighted by Gasteiger charge is -2.19. The monoisotopic (exact) mass is 260 g/mol. The maximum atomic E-state index is 12.1. The van der Waals surface area contributed by atoms with Gasteiger partial charge < -0.3 is 10.2 Å². The fourth-order valence-electron chi connectivity index (χ4n) is 2.35. The van der Waals surface area contributed by atoms with Gasteiger partial charge in [0.1, 0.15) is 0 Å². The molecule has 0 unspecified atom stereocenters. The molecule has 1 N–H and O–H groups in total. The van der Waals surface area contributed by atoms with E-state index in [0.717, 1.165) is 17.7 Å². The second kappa shape index (κ2) is 5.43. The molecule has 1 aliphatic heterocycles. The third-order valence-corrected chi connectivity index (χ3v) is 3.33. The summed E-state index contributed by atoms with van der Waals surface area (Å²) in [5, 5.41) is 2.79. The maximum absolute atomic E-state index is 12.1. The van der Waals surface area contributed by atoms with E-state index >= 15 is 0 Å². The van der Waals surface area contributed by atoms with Crippen LogP contribution in [0.3, 0.4) is 0 Å². The molecule has 1 aromatic rings. The third kappa shape index (κ3) is 2.62. The quantitative estimate of drug-likeness (QED) is 0.903. The summed E-state index contributed by atoms with van der Waals surface area (Å²) >= 11 is 0. The molecule has 0 saturated carbocycles. The predicted molar refractivity (Wildman–Crippen MR) is 75.3 cm³/mol. The van der Waals surface area contributed by atoms with E-state index in [0.29, 0.717) is 18.7 Å². The van der Waals surface area contributed by atoms with E-state index in [1.165, 1.54) is 0 Å². The van der Waals surface area contributed by atoms with Crippen molar-refractivity contribution in [2.24, 2.45) is 5.92 Å². The summed E-state index contributed by atoms with van der Waals surface area (Å²) < 4.78 is 0. The fourth-order valence-corrected chi connectivity index (χ4v) is 2.35. The Balaban J connectivity index is 2.25. The van der Waals surface area contributed by atoms with E-state index in [-0.39, 0.29) is 17.7 Å². The minimum absolute atomic E-state index is 0.00554. The van der Waals surface area contributed by atoms with E-state index in [1.807, 2.05) is 37.8 Å². The van der Waals surface area contributed by atoms with Crippen molar-refractivity contribution in [3.05, 3.63) is 29.3 Å². The molecule has 102 valence electrons. The second-order valence-corrected chi connectivity index (χ2v) is 5.10. The van der Waals surface area contributed by atoms with Gasteiger partial charge in [0.25, 0.3) is 5.91 Å². The molecule has 1 aromatic carbocycles. The minimum atomic E-state index is -0.0565. The summed E-state index contributed by atoms with van der Waals surface area (Å²) in [5.74, 6) is 0.0810. The van der Waals surface area contributed by atoms with Crippen molar-refractivity contribution in [3.63, 3.8) is 0 Å². The Hall–Kier alpha value is -1.84. The first kappa shape index (κ1) is 13.6. The maximum Gasteiger partial charge on any atom is 0.251 e. The highest BCUT2D eigenvalue weighted by molar-refractivity contribution is 5.99. The Morgan fingerprint density at radius 1 is 1.37 bits per heavy atom. The van der Waals surface area contributed by atoms with Gasteiger partial charge in [0.05, 0.1) is 0 Å². The van der Waals surface area contributed by atoms with Crippen LogP contribution in [-0.2, 0) is 11.2 Å². The van der Waals surface area contributed by atoms with Crippen LogP contribution in [-0.4, -0.2) is 24.9 Å². The van der Waals surface area contributed by atoms with Gasteiger partial charge in [-0.25, -0.2) is 0 Å². The molecule has 19 heavy (non-hydrogen) atoms. The van der Waals surface area contributed by atoms with Crippen molar-refractivity contribution in [1.82, 2.24) is 5.32 Å². The van der Waals surface area contributed by atoms with Crippen LogP contribution in [0.2, 0.25) is 0 Å². The molecule has 0 atom stereocenters. The smallest absolute Gasteiger partial charge is 0.251 e. The fraction of sp³-hybridized carbons (Fsp3) is 0.467. The number of amides is 2. The Labute approximate surface area is 113 Å². The molecule has 2 amide bonds. The molecule has 4 heteroatoms. The number of anilines is 1. The van der Waals surface area contributed by atoms with E-state index < -0.39 is 0 Å². The van der Waals surface area contributed by atoms with Gasteiger partial charge >= 0.3 is 0 Å². The SMILES string of the molecule is CCNC(=O)c1ccc2c(c1)CCN2C(=O)C(C)C. The van der Waals surface area contributed by atoms with Crippen LogP contribution in [0.4, 0.5) is 5.69 Å². The lowest BCUT2D eigenvalue weighted by Crippen LogP contribution is -2.32. The minimum Gasteiger partial charge on any atom is -0.352 e. The lowest BCUT2D eigenvalue weighted by molar-refractivity contribution is -0.121. The van der Waals surface area contributed by atoms with Gasteiger partial charge in [-0.05, 0) is 37.1 Å². The van der Waals surface area contributed by atoms with Crippen molar-refractivity contribution in [2.45, 2.75) is 27.2 Å². The average Bonchev–Trinajstić information content (AvgIpc) is 2.80. The number of hydrogen-bond acceptors (Lipinski definition) is 2. The van der Waals surface area contributed by atoms with Gasteiger partial charge in [-0.1, -0.05) is 13.8 Å². The zero-order chi connectivity index (χ0) is 14.0. The third-order valence-electron chi connectivity index (χ3n) is 3.33. The molecule has 1 heterocycles. The number of fused-ring (bicyclic) bond motifs is 1. The molecule has 0 aromatic heterocycles. The van der Waals surface area contributed by atoms with Gasteiger partial charge in [-0.2, -0.15) is 0 Å². The summed E-state index contributed by atoms with van der Waals surface area (Å²) in [6, 6.07) is 5.57. The van der Waals surface area contributed by atoms with E-state index in [4.69, 9.17) is 0 Å². The normalized spacial score (nSPS) is 13.6. The average molecular weight is 260 g/mol. The Kier molecular flexibility index (Phi) is 3.88. The molecule has 0 saturated heterocycles. The van der Waals surface area contributed by atoms with Gasteiger partial charge in [-0.15, -0.1) is 0 Å². The summed E-state index contributed by atoms with van der Waals surface area (Å²) in [6.07, 6.45) is 0.820. The molecular weight excluding hydrogens is 240 g/mol. The summed E-state index contributed by atoms with van der Waals surface area (Å²) in [5.41, 5.74) is 2.70. The van der Waals surface area contributed by atoms with Gasteiger partial charge in [-0.3, -0.25) is 9.59 Å². The number of benzene rings is 1. The van der Waals surface area contributed by atoms with Crippen molar-refractivity contribution in [3.8, 4) is 0 Å². The van der Waals surface area contributed by atoms with Gasteiger partial charge in [0.2, 0.25) is 5.91 Å². The first-order valence-electron chi connectivity index (χ1n) is 6.77. The van der Waals surface area contributed by atoms with Crippen molar-refractivity contribution in [1.29, 1.82) is 0 Å². The van der Waals surface area contributed by atoms with E-state index in [9.17, 15) is 9.59 Å². The largest absolute Gasteiger partial charge is 0.352 e. The molecule has 0 spiro atoms. The van der Waals surface area contributed by atoms with Crippen molar-refractivity contribution < 1.29 is 9.59 Å². The highest BCUT2D eigenvalue weighted by atomic mass is 16.2. The molecule has 0 bridgehead atoms. The first-order chi connectivity index (χ1) is 9.04. The zero-order valence-electron chi connectivity index (χ0n) is 11.7. The molecule has 0 fully saturated rings. The van der Waals surface area contributed by atoms with Crippen molar-refractivity contribution in [2.75, 3.05) is 18.0 Å². The van der Waals surface area contributed by atoms with Crippen LogP contribution >= 0.6 is 0 Å². The van der Waals surface area contributed by atoms with Crippen LogP contribution in [0.25, 0.3) is 0 Å². The summed E-state index contributed by atoms with van der Waals surface area (Å²) in [7, 11) is 0. The van der Waals surface area contributed by atoms with Crippen LogP contribution in [0.15, 0.2) is 18.2 Å². The number of nitrogens with one attached hydrogen (secondary N) is 1. The van der Waals surface area contributed by atoms with Crippen LogP contribution in [0.1, 0.15) is 36.7 Å². The Bertz CT molecular complexity index is 509. The van der Waals surface area contributed by atoms with Crippen LogP contribution < -0.4 is 10.2 Å². The standard InChI is InChI=1S/C15H20N2O2/c1-4-16-14(18)12-5-6-13-11(9-12)7-8-17(13)15(19)10(2)3/h5-6,9-10H,4,7-8H2,1-3H3,(H,16,18). The molecule has 0 radical (unpaired) electrons. The van der Waals surface area contributed by atoms with Gasteiger partial charge in [0.15, 0.2) is 0 Å². The topological polar surface area (TPSA) is 49.4 Å². The summed E-state index contributed by atoms with van der Waals surface area (Å²) in [6.45, 7) is 7.04. The molecular formula is C15H20N2O2. The van der Waals surface area contributed by atoms with Crippen LogP contribution in [0, 0.1) is 5.92 Å².